The Labute approximate surface area is 94.3 Å². The highest BCUT2D eigenvalue weighted by Crippen LogP contribution is 2.41. The standard InChI is InChI=1S/C12H13N3O/c1-9-3-4-10(7-14-9)15-11(16)12(8-13)5-2-6-12/h3-4,7H,2,5-6H2,1H3,(H,15,16). The predicted octanol–water partition coefficient (Wildman–Crippen LogP) is 2.02. The van der Waals surface area contributed by atoms with Gasteiger partial charge in [-0.3, -0.25) is 9.78 Å². The number of aryl methyl sites for hydroxylation is 1. The summed E-state index contributed by atoms with van der Waals surface area (Å²) >= 11 is 0. The first kappa shape index (κ1) is 10.6. The number of aromatic nitrogens is 1. The SMILES string of the molecule is Cc1ccc(NC(=O)C2(C#N)CCC2)cn1. The summed E-state index contributed by atoms with van der Waals surface area (Å²) < 4.78 is 0. The van der Waals surface area contributed by atoms with E-state index in [-0.39, 0.29) is 5.91 Å². The lowest BCUT2D eigenvalue weighted by Crippen LogP contribution is -2.40. The van der Waals surface area contributed by atoms with E-state index in [1.165, 1.54) is 0 Å². The van der Waals surface area contributed by atoms with Gasteiger partial charge in [-0.25, -0.2) is 0 Å². The average Bonchev–Trinajstić information content (AvgIpc) is 2.21. The molecule has 1 N–H and O–H groups in total. The van der Waals surface area contributed by atoms with Gasteiger partial charge in [-0.2, -0.15) is 5.26 Å². The van der Waals surface area contributed by atoms with E-state index in [1.54, 1.807) is 12.3 Å². The van der Waals surface area contributed by atoms with Gasteiger partial charge in [0, 0.05) is 5.69 Å². The number of nitrogens with zero attached hydrogens (tertiary/aromatic N) is 2. The maximum Gasteiger partial charge on any atom is 0.244 e. The normalized spacial score (nSPS) is 17.0. The van der Waals surface area contributed by atoms with Gasteiger partial charge in [0.1, 0.15) is 5.41 Å². The topological polar surface area (TPSA) is 65.8 Å². The maximum absolute atomic E-state index is 11.9. The van der Waals surface area contributed by atoms with E-state index in [4.69, 9.17) is 5.26 Å². The second-order valence-corrected chi connectivity index (χ2v) is 4.19. The Morgan fingerprint density at radius 2 is 2.31 bits per heavy atom. The first-order valence-electron chi connectivity index (χ1n) is 5.32. The largest absolute Gasteiger partial charge is 0.323 e. The van der Waals surface area contributed by atoms with Gasteiger partial charge in [0.05, 0.1) is 18.0 Å². The highest BCUT2D eigenvalue weighted by Gasteiger charge is 2.44. The average molecular weight is 215 g/mol. The van der Waals surface area contributed by atoms with Crippen molar-refractivity contribution < 1.29 is 4.79 Å². The molecule has 0 unspecified atom stereocenters. The summed E-state index contributed by atoms with van der Waals surface area (Å²) in [5.41, 5.74) is 0.749. The Hall–Kier alpha value is -1.89. The molecule has 2 rings (SSSR count). The van der Waals surface area contributed by atoms with Gasteiger partial charge in [0.15, 0.2) is 0 Å². The number of hydrogen-bond donors (Lipinski definition) is 1. The zero-order valence-corrected chi connectivity index (χ0v) is 9.16. The van der Waals surface area contributed by atoms with Crippen molar-refractivity contribution in [2.24, 2.45) is 5.41 Å². The van der Waals surface area contributed by atoms with E-state index in [0.717, 1.165) is 12.1 Å². The molecule has 1 aliphatic rings. The maximum atomic E-state index is 11.9. The van der Waals surface area contributed by atoms with Crippen LogP contribution < -0.4 is 5.32 Å². The zero-order chi connectivity index (χ0) is 11.6. The van der Waals surface area contributed by atoms with E-state index in [0.29, 0.717) is 18.5 Å². The molecule has 1 aromatic heterocycles. The number of amides is 1. The highest BCUT2D eigenvalue weighted by molar-refractivity contribution is 5.97. The van der Waals surface area contributed by atoms with E-state index >= 15 is 0 Å². The molecule has 0 aromatic carbocycles. The summed E-state index contributed by atoms with van der Waals surface area (Å²) in [5.74, 6) is -0.202. The number of carbonyl (C=O) groups is 1. The first-order chi connectivity index (χ1) is 7.66. The van der Waals surface area contributed by atoms with Crippen LogP contribution in [0.4, 0.5) is 5.69 Å². The summed E-state index contributed by atoms with van der Waals surface area (Å²) in [5, 5.41) is 11.7. The van der Waals surface area contributed by atoms with Crippen LogP contribution in [-0.4, -0.2) is 10.9 Å². The zero-order valence-electron chi connectivity index (χ0n) is 9.16. The van der Waals surface area contributed by atoms with E-state index in [9.17, 15) is 4.79 Å². The van der Waals surface area contributed by atoms with Crippen molar-refractivity contribution in [3.8, 4) is 6.07 Å². The van der Waals surface area contributed by atoms with Crippen LogP contribution in [0.25, 0.3) is 0 Å². The Bertz CT molecular complexity index is 440. The molecular weight excluding hydrogens is 202 g/mol. The Morgan fingerprint density at radius 3 is 2.75 bits per heavy atom. The fourth-order valence-electron chi connectivity index (χ4n) is 1.71. The molecule has 1 heterocycles. The molecule has 82 valence electrons. The van der Waals surface area contributed by atoms with Crippen LogP contribution in [0.2, 0.25) is 0 Å². The number of carbonyl (C=O) groups excluding carboxylic acids is 1. The summed E-state index contributed by atoms with van der Waals surface area (Å²) in [4.78, 5) is 16.0. The molecule has 1 saturated carbocycles. The second kappa shape index (κ2) is 3.93. The van der Waals surface area contributed by atoms with Gasteiger partial charge in [-0.1, -0.05) is 0 Å². The lowest BCUT2D eigenvalue weighted by molar-refractivity contribution is -0.126. The summed E-state index contributed by atoms with van der Waals surface area (Å²) in [6.07, 6.45) is 3.88. The van der Waals surface area contributed by atoms with E-state index < -0.39 is 5.41 Å². The number of anilines is 1. The van der Waals surface area contributed by atoms with Crippen molar-refractivity contribution in [1.82, 2.24) is 4.98 Å². The number of rotatable bonds is 2. The molecule has 4 nitrogen and oxygen atoms in total. The van der Waals surface area contributed by atoms with Crippen molar-refractivity contribution in [3.63, 3.8) is 0 Å². The molecule has 16 heavy (non-hydrogen) atoms. The van der Waals surface area contributed by atoms with Crippen molar-refractivity contribution in [3.05, 3.63) is 24.0 Å². The van der Waals surface area contributed by atoms with Gasteiger partial charge in [-0.05, 0) is 38.3 Å². The number of nitrogens with one attached hydrogen (secondary N) is 1. The minimum absolute atomic E-state index is 0.202. The third kappa shape index (κ3) is 1.76. The Morgan fingerprint density at radius 1 is 1.56 bits per heavy atom. The van der Waals surface area contributed by atoms with Crippen LogP contribution in [0.15, 0.2) is 18.3 Å². The lowest BCUT2D eigenvalue weighted by Gasteiger charge is -2.33. The number of nitriles is 1. The molecule has 1 aromatic rings. The van der Waals surface area contributed by atoms with Crippen LogP contribution in [0.5, 0.6) is 0 Å². The van der Waals surface area contributed by atoms with Crippen LogP contribution in [0.3, 0.4) is 0 Å². The molecule has 0 spiro atoms. The van der Waals surface area contributed by atoms with Crippen molar-refractivity contribution in [1.29, 1.82) is 5.26 Å². The smallest absolute Gasteiger partial charge is 0.244 e. The molecule has 0 aliphatic heterocycles. The van der Waals surface area contributed by atoms with E-state index in [2.05, 4.69) is 16.4 Å². The quantitative estimate of drug-likeness (QED) is 0.820. The van der Waals surface area contributed by atoms with Crippen molar-refractivity contribution >= 4 is 11.6 Å². The molecule has 0 radical (unpaired) electrons. The molecule has 1 fully saturated rings. The first-order valence-corrected chi connectivity index (χ1v) is 5.32. The molecule has 0 atom stereocenters. The molecule has 0 saturated heterocycles. The third-order valence-corrected chi connectivity index (χ3v) is 3.03. The van der Waals surface area contributed by atoms with Crippen LogP contribution >= 0.6 is 0 Å². The number of hydrogen-bond acceptors (Lipinski definition) is 3. The lowest BCUT2D eigenvalue weighted by atomic mass is 9.69. The van der Waals surface area contributed by atoms with Crippen LogP contribution in [-0.2, 0) is 4.79 Å². The molecule has 4 heteroatoms. The fourth-order valence-corrected chi connectivity index (χ4v) is 1.71. The number of pyridine rings is 1. The van der Waals surface area contributed by atoms with Gasteiger partial charge >= 0.3 is 0 Å². The summed E-state index contributed by atoms with van der Waals surface area (Å²) in [6.45, 7) is 1.88. The Kier molecular flexibility index (Phi) is 2.61. The third-order valence-electron chi connectivity index (χ3n) is 3.03. The van der Waals surface area contributed by atoms with Gasteiger partial charge in [0.25, 0.3) is 0 Å². The van der Waals surface area contributed by atoms with Crippen LogP contribution in [0, 0.1) is 23.7 Å². The van der Waals surface area contributed by atoms with Gasteiger partial charge in [-0.15, -0.1) is 0 Å². The molecule has 0 bridgehead atoms. The summed E-state index contributed by atoms with van der Waals surface area (Å²) in [6, 6.07) is 5.74. The predicted molar refractivity (Wildman–Crippen MR) is 59.5 cm³/mol. The monoisotopic (exact) mass is 215 g/mol. The minimum atomic E-state index is -0.801. The van der Waals surface area contributed by atoms with Crippen molar-refractivity contribution in [2.75, 3.05) is 5.32 Å². The van der Waals surface area contributed by atoms with E-state index in [1.807, 2.05) is 13.0 Å². The minimum Gasteiger partial charge on any atom is -0.323 e. The van der Waals surface area contributed by atoms with Gasteiger partial charge < -0.3 is 5.32 Å². The van der Waals surface area contributed by atoms with Crippen LogP contribution in [0.1, 0.15) is 25.0 Å². The van der Waals surface area contributed by atoms with Gasteiger partial charge in [0.2, 0.25) is 5.91 Å². The van der Waals surface area contributed by atoms with Crippen molar-refractivity contribution in [2.45, 2.75) is 26.2 Å². The summed E-state index contributed by atoms with van der Waals surface area (Å²) in [7, 11) is 0. The fraction of sp³-hybridized carbons (Fsp3) is 0.417. The molecule has 1 amide bonds. The molecular formula is C12H13N3O. The highest BCUT2D eigenvalue weighted by atomic mass is 16.2. The Balaban J connectivity index is 2.08. The second-order valence-electron chi connectivity index (χ2n) is 4.19. The molecule has 1 aliphatic carbocycles.